The largest absolute Gasteiger partial charge is 0.507 e. The molecule has 10 heteroatoms. The van der Waals surface area contributed by atoms with Crippen LogP contribution in [0.15, 0.2) is 47.6 Å². The van der Waals surface area contributed by atoms with Gasteiger partial charge >= 0.3 is 0 Å². The Balaban J connectivity index is 1.36. The van der Waals surface area contributed by atoms with Crippen molar-refractivity contribution >= 4 is 39.1 Å². The second-order valence-corrected chi connectivity index (χ2v) is 11.9. The molecule has 1 heterocycles. The number of rotatable bonds is 7. The number of aromatic nitrogens is 1. The van der Waals surface area contributed by atoms with Crippen molar-refractivity contribution in [1.29, 1.82) is 0 Å². The zero-order chi connectivity index (χ0) is 27.0. The number of fused-ring (bicyclic) bond motifs is 3. The summed E-state index contributed by atoms with van der Waals surface area (Å²) in [5.74, 6) is -1.06. The van der Waals surface area contributed by atoms with Gasteiger partial charge in [-0.15, -0.1) is 0 Å². The maximum atomic E-state index is 13.4. The van der Waals surface area contributed by atoms with E-state index in [1.54, 1.807) is 29.1 Å². The van der Waals surface area contributed by atoms with Crippen molar-refractivity contribution in [2.24, 2.45) is 5.41 Å². The lowest BCUT2D eigenvalue weighted by atomic mass is 9.69. The molecular weight excluding hydrogens is 524 g/mol. The summed E-state index contributed by atoms with van der Waals surface area (Å²) in [5, 5.41) is 26.3. The Kier molecular flexibility index (Phi) is 7.11. The van der Waals surface area contributed by atoms with Crippen LogP contribution < -0.4 is 10.1 Å². The Hall–Kier alpha value is -3.50. The number of aromatic hydroxyl groups is 2. The molecule has 3 N–H and O–H groups in total. The Morgan fingerprint density at radius 2 is 1.82 bits per heavy atom. The highest BCUT2D eigenvalue weighted by molar-refractivity contribution is 8.76. The molecule has 1 aromatic heterocycles. The number of hydrogen-bond donors (Lipinski definition) is 3. The summed E-state index contributed by atoms with van der Waals surface area (Å²) in [6.07, 6.45) is 2.55. The van der Waals surface area contributed by atoms with Gasteiger partial charge in [0.1, 0.15) is 22.3 Å². The van der Waals surface area contributed by atoms with E-state index in [9.17, 15) is 24.6 Å². The van der Waals surface area contributed by atoms with Crippen LogP contribution in [0.4, 0.5) is 0 Å². The minimum Gasteiger partial charge on any atom is -0.507 e. The molecule has 196 valence electrons. The number of carbonyl (C=O) groups excluding carboxylic acids is 3. The number of phenols is 2. The molecule has 0 saturated heterocycles. The predicted molar refractivity (Wildman–Crippen MR) is 145 cm³/mol. The number of ether oxygens (including phenoxy) is 1. The van der Waals surface area contributed by atoms with E-state index in [4.69, 9.17) is 4.74 Å². The number of benzene rings is 2. The normalized spacial score (nSPS) is 17.8. The quantitative estimate of drug-likeness (QED) is 0.175. The number of carbonyl (C=O) groups is 3. The lowest BCUT2D eigenvalue weighted by Crippen LogP contribution is -2.43. The van der Waals surface area contributed by atoms with E-state index in [2.05, 4.69) is 10.3 Å². The van der Waals surface area contributed by atoms with Gasteiger partial charge in [0.25, 0.3) is 0 Å². The van der Waals surface area contributed by atoms with Crippen LogP contribution in [0.25, 0.3) is 0 Å². The van der Waals surface area contributed by atoms with Crippen LogP contribution in [-0.4, -0.2) is 52.1 Å². The average molecular weight is 551 g/mol. The smallest absolute Gasteiger partial charge is 0.226 e. The lowest BCUT2D eigenvalue weighted by Gasteiger charge is -2.35. The molecule has 2 aliphatic rings. The van der Waals surface area contributed by atoms with Crippen molar-refractivity contribution in [1.82, 2.24) is 10.3 Å². The lowest BCUT2D eigenvalue weighted by molar-refractivity contribution is -0.130. The van der Waals surface area contributed by atoms with Gasteiger partial charge < -0.3 is 20.3 Å². The summed E-state index contributed by atoms with van der Waals surface area (Å²) in [6.45, 7) is 2.27. The van der Waals surface area contributed by atoms with Crippen LogP contribution >= 0.6 is 21.6 Å². The zero-order valence-corrected chi connectivity index (χ0v) is 22.5. The van der Waals surface area contributed by atoms with Gasteiger partial charge in [0.2, 0.25) is 11.7 Å². The van der Waals surface area contributed by atoms with Crippen molar-refractivity contribution in [3.8, 4) is 17.2 Å². The summed E-state index contributed by atoms with van der Waals surface area (Å²) in [7, 11) is 4.53. The zero-order valence-electron chi connectivity index (χ0n) is 20.9. The standard InChI is InChI=1S/C28H26N2O6S2/c1-28(27(35)30-12-13-37-38-19-8-3-4-11-29-19)10-9-15-17(14-28)25(33)21-22(23(15)31)26(34)20-16(24(21)32)6-5-7-18(20)36-2/h3-8,11,31,33H,9-10,12-14H2,1-2H3,(H,30,35)/t28-/m0/s1. The summed E-state index contributed by atoms with van der Waals surface area (Å²) < 4.78 is 5.29. The van der Waals surface area contributed by atoms with E-state index < -0.39 is 17.0 Å². The minimum absolute atomic E-state index is 0.0706. The summed E-state index contributed by atoms with van der Waals surface area (Å²) in [6, 6.07) is 10.4. The number of hydrogen-bond acceptors (Lipinski definition) is 9. The van der Waals surface area contributed by atoms with E-state index >= 15 is 0 Å². The van der Waals surface area contributed by atoms with Gasteiger partial charge in [-0.05, 0) is 48.3 Å². The fraction of sp³-hybridized carbons (Fsp3) is 0.286. The first-order valence-corrected chi connectivity index (χ1v) is 14.4. The van der Waals surface area contributed by atoms with Crippen molar-refractivity contribution < 1.29 is 29.3 Å². The van der Waals surface area contributed by atoms with Gasteiger partial charge in [-0.1, -0.05) is 35.9 Å². The highest BCUT2D eigenvalue weighted by Gasteiger charge is 2.44. The number of nitrogens with zero attached hydrogens (tertiary/aromatic N) is 1. The maximum Gasteiger partial charge on any atom is 0.226 e. The molecule has 0 saturated carbocycles. The van der Waals surface area contributed by atoms with Gasteiger partial charge in [-0.3, -0.25) is 14.4 Å². The van der Waals surface area contributed by atoms with E-state index in [1.807, 2.05) is 25.1 Å². The van der Waals surface area contributed by atoms with Gasteiger partial charge in [0.15, 0.2) is 5.78 Å². The Labute approximate surface area is 227 Å². The van der Waals surface area contributed by atoms with E-state index in [0.717, 1.165) is 5.03 Å². The molecule has 3 aromatic rings. The molecule has 2 aromatic carbocycles. The highest BCUT2D eigenvalue weighted by Crippen LogP contribution is 2.49. The van der Waals surface area contributed by atoms with Gasteiger partial charge in [0.05, 0.1) is 29.2 Å². The Morgan fingerprint density at radius 3 is 2.55 bits per heavy atom. The number of ketones is 2. The van der Waals surface area contributed by atoms with Crippen LogP contribution in [0, 0.1) is 5.41 Å². The third-order valence-corrected chi connectivity index (χ3v) is 9.39. The SMILES string of the molecule is COc1cccc2c1C(=O)c1c(O)c3c(c(O)c1C2=O)C[C@@](C)(C(=O)NCCSSc1ccccn1)CC3. The van der Waals surface area contributed by atoms with Crippen LogP contribution in [0.1, 0.15) is 56.3 Å². The average Bonchev–Trinajstić information content (AvgIpc) is 2.93. The third kappa shape index (κ3) is 4.41. The molecule has 8 nitrogen and oxygen atoms in total. The number of amides is 1. The number of nitrogens with one attached hydrogen (secondary N) is 1. The van der Waals surface area contributed by atoms with Crippen LogP contribution in [0.5, 0.6) is 17.2 Å². The molecular formula is C28H26N2O6S2. The molecule has 0 fully saturated rings. The molecule has 2 aliphatic carbocycles. The molecule has 0 bridgehead atoms. The van der Waals surface area contributed by atoms with Crippen molar-refractivity contribution in [3.05, 3.63) is 76.0 Å². The van der Waals surface area contributed by atoms with E-state index in [0.29, 0.717) is 29.8 Å². The second kappa shape index (κ2) is 10.3. The van der Waals surface area contributed by atoms with Crippen LogP contribution in [0.3, 0.4) is 0 Å². The number of pyridine rings is 1. The van der Waals surface area contributed by atoms with Crippen LogP contribution in [0.2, 0.25) is 0 Å². The van der Waals surface area contributed by atoms with Gasteiger partial charge in [0, 0.05) is 35.2 Å². The molecule has 38 heavy (non-hydrogen) atoms. The second-order valence-electron chi connectivity index (χ2n) is 9.51. The first-order valence-electron chi connectivity index (χ1n) is 12.1. The van der Waals surface area contributed by atoms with Crippen molar-refractivity contribution in [2.45, 2.75) is 31.2 Å². The predicted octanol–water partition coefficient (Wildman–Crippen LogP) is 4.33. The Bertz CT molecular complexity index is 1460. The first-order chi connectivity index (χ1) is 18.3. The van der Waals surface area contributed by atoms with Crippen molar-refractivity contribution in [2.75, 3.05) is 19.4 Å². The summed E-state index contributed by atoms with van der Waals surface area (Å²) >= 11 is 0. The maximum absolute atomic E-state index is 13.4. The van der Waals surface area contributed by atoms with E-state index in [1.165, 1.54) is 24.0 Å². The summed E-state index contributed by atoms with van der Waals surface area (Å²) in [4.78, 5) is 44.3. The first kappa shape index (κ1) is 26.1. The molecule has 1 amide bonds. The molecule has 1 atom stereocenters. The molecule has 0 unspecified atom stereocenters. The van der Waals surface area contributed by atoms with Gasteiger partial charge in [-0.25, -0.2) is 4.98 Å². The summed E-state index contributed by atoms with van der Waals surface area (Å²) in [5.41, 5.74) is -0.383. The third-order valence-electron chi connectivity index (χ3n) is 7.13. The molecule has 5 rings (SSSR count). The Morgan fingerprint density at radius 1 is 1.05 bits per heavy atom. The van der Waals surface area contributed by atoms with Crippen LogP contribution in [-0.2, 0) is 17.6 Å². The number of phenolic OH excluding ortho intramolecular Hbond substituents is 2. The highest BCUT2D eigenvalue weighted by atomic mass is 33.1. The fourth-order valence-corrected chi connectivity index (χ4v) is 6.89. The molecule has 0 radical (unpaired) electrons. The molecule has 0 spiro atoms. The molecule has 0 aliphatic heterocycles. The monoisotopic (exact) mass is 550 g/mol. The van der Waals surface area contributed by atoms with Crippen molar-refractivity contribution in [3.63, 3.8) is 0 Å². The van der Waals surface area contributed by atoms with E-state index in [-0.39, 0.29) is 58.3 Å². The number of methoxy groups -OCH3 is 1. The minimum atomic E-state index is -0.854. The van der Waals surface area contributed by atoms with Gasteiger partial charge in [-0.2, -0.15) is 0 Å². The fourth-order valence-electron chi connectivity index (χ4n) is 5.10. The topological polar surface area (TPSA) is 126 Å².